The highest BCUT2D eigenvalue weighted by molar-refractivity contribution is 7.98. The van der Waals surface area contributed by atoms with Gasteiger partial charge in [-0.3, -0.25) is 57.5 Å². The zero-order valence-corrected chi connectivity index (χ0v) is 62.0. The van der Waals surface area contributed by atoms with Crippen molar-refractivity contribution in [3.63, 3.8) is 0 Å². The largest absolute Gasteiger partial charge is 0.481 e. The molecular formula is C71H104N16O16S. The molecule has 0 saturated carbocycles. The Labute approximate surface area is 608 Å². The highest BCUT2D eigenvalue weighted by atomic mass is 32.2. The number of carboxylic acids is 2. The highest BCUT2D eigenvalue weighted by Gasteiger charge is 2.38. The molecule has 3 aromatic heterocycles. The standard InChI is InChI=1S/C71H104N16O16S/c1-14-46(87-71(10,11)12)62(94)77-39(8)60(92)79-52(27-41-30-73-47-21-17-15-19-44(41)47)64(96)82-54(29-43-32-72-35-76-43)66(98)80-50(25-36(2)3)61(93)75-33-56(89)78-49(23-24-57(90)91)63(95)81-51(26-37(4)5)67(99)85-58(38(6)7)69(101)83-53(28-42-31-74-48-22-18-16-20-45(42)48)65(97)84-55(34-104-13)68(100)86-59(40(9)88)70(102)103/h15-22,30-32,35-40,46,49-55,58-59,73-74,87-88H,14,23-29,33-34H2,1-13H3,(H,72,76)(H,75,93)(H,77,94)(H,78,89)(H,79,92)(H,80,98)(H,81,95)(H,82,96)(H,83,101)(H,84,97)(H,85,99)(H,86,100)(H,90,91)(H,102,103)/t39-,40+,46-,49-,50-,51-,52-,53-,54-,55-,58-,59-/m0/s1. The monoisotopic (exact) mass is 1470 g/mol. The van der Waals surface area contributed by atoms with Crippen molar-refractivity contribution < 1.29 is 77.6 Å². The zero-order valence-electron chi connectivity index (χ0n) is 61.2. The summed E-state index contributed by atoms with van der Waals surface area (Å²) in [5.74, 6) is -13.3. The Morgan fingerprint density at radius 1 is 0.510 bits per heavy atom. The van der Waals surface area contributed by atoms with E-state index in [1.165, 1.54) is 26.4 Å². The second-order valence-electron chi connectivity index (χ2n) is 28.1. The molecule has 5 aromatic rings. The van der Waals surface area contributed by atoms with E-state index in [0.29, 0.717) is 34.1 Å². The number of nitrogens with zero attached hydrogens (tertiary/aromatic N) is 1. The summed E-state index contributed by atoms with van der Waals surface area (Å²) in [5, 5.41) is 63.0. The number of aliphatic carboxylic acids is 2. The minimum absolute atomic E-state index is 0.00308. The number of hydrogen-bond acceptors (Lipinski definition) is 17. The molecule has 32 nitrogen and oxygen atoms in total. The number of carbonyl (C=O) groups is 13. The fraction of sp³-hybridized carbons (Fsp3) is 0.549. The maximum Gasteiger partial charge on any atom is 0.328 e. The third-order valence-corrected chi connectivity index (χ3v) is 17.5. The summed E-state index contributed by atoms with van der Waals surface area (Å²) in [6.07, 6.45) is 5.09. The summed E-state index contributed by atoms with van der Waals surface area (Å²) in [6, 6.07) is -0.329. The second kappa shape index (κ2) is 40.2. The topological polar surface area (TPSA) is 487 Å². The van der Waals surface area contributed by atoms with Gasteiger partial charge in [0, 0.05) is 83.1 Å². The summed E-state index contributed by atoms with van der Waals surface area (Å²) in [7, 11) is 0. The molecule has 570 valence electrons. The molecule has 0 saturated heterocycles. The Kier molecular flexibility index (Phi) is 32.8. The smallest absolute Gasteiger partial charge is 0.328 e. The number of imidazole rings is 1. The van der Waals surface area contributed by atoms with Gasteiger partial charge in [-0.1, -0.05) is 84.9 Å². The molecule has 0 spiro atoms. The summed E-state index contributed by atoms with van der Waals surface area (Å²) < 4.78 is 0. The summed E-state index contributed by atoms with van der Waals surface area (Å²) in [5.41, 5.74) is 2.67. The van der Waals surface area contributed by atoms with Gasteiger partial charge >= 0.3 is 11.9 Å². The molecule has 0 aliphatic rings. The van der Waals surface area contributed by atoms with Crippen LogP contribution in [0, 0.1) is 17.8 Å². The fourth-order valence-corrected chi connectivity index (χ4v) is 12.0. The van der Waals surface area contributed by atoms with Crippen molar-refractivity contribution in [1.82, 2.24) is 83.7 Å². The SMILES string of the molecule is CC[C@H](NC(C)(C)C)C(=O)N[C@@H](C)C(=O)N[C@@H](Cc1c[nH]c2ccccc12)C(=O)N[C@@H](Cc1cnc[nH]1)C(=O)N[C@@H](CC(C)C)C(=O)NCC(=O)N[C@@H](CCC(=O)O)C(=O)N[C@@H](CC(C)C)C(=O)N[C@H](C(=O)N[C@@H](Cc1c[nH]c2ccccc12)C(=O)N[C@@H](CSC)C(=O)N[C@H](C(=O)O)[C@@H](C)O)C(C)C. The molecule has 5 rings (SSSR count). The Morgan fingerprint density at radius 2 is 0.962 bits per heavy atom. The molecule has 33 heteroatoms. The van der Waals surface area contributed by atoms with Crippen LogP contribution in [0.1, 0.15) is 132 Å². The lowest BCUT2D eigenvalue weighted by Crippen LogP contribution is -2.61. The lowest BCUT2D eigenvalue weighted by atomic mass is 9.98. The molecule has 104 heavy (non-hydrogen) atoms. The average molecular weight is 1470 g/mol. The third-order valence-electron chi connectivity index (χ3n) is 16.8. The van der Waals surface area contributed by atoms with Crippen LogP contribution in [-0.4, -0.2) is 209 Å². The molecule has 11 amide bonds. The van der Waals surface area contributed by atoms with Crippen molar-refractivity contribution in [3.8, 4) is 0 Å². The average Bonchev–Trinajstić information content (AvgIpc) is 1.63. The van der Waals surface area contributed by atoms with Gasteiger partial charge < -0.3 is 94.1 Å². The number of aliphatic hydroxyl groups excluding tert-OH is 1. The maximum absolute atomic E-state index is 14.7. The van der Waals surface area contributed by atoms with E-state index in [0.717, 1.165) is 22.7 Å². The first kappa shape index (κ1) is 84.8. The number of benzene rings is 2. The van der Waals surface area contributed by atoms with Crippen LogP contribution >= 0.6 is 11.8 Å². The summed E-state index contributed by atoms with van der Waals surface area (Å²) >= 11 is 1.15. The first-order valence-corrected chi connectivity index (χ1v) is 36.2. The van der Waals surface area contributed by atoms with Crippen LogP contribution in [0.3, 0.4) is 0 Å². The molecule has 0 aliphatic heterocycles. The van der Waals surface area contributed by atoms with Gasteiger partial charge in [0.25, 0.3) is 0 Å². The number of hydrogen-bond donors (Lipinski definition) is 18. The number of carbonyl (C=O) groups excluding carboxylic acids is 11. The molecule has 0 fully saturated rings. The highest BCUT2D eigenvalue weighted by Crippen LogP contribution is 2.22. The van der Waals surface area contributed by atoms with Gasteiger partial charge in [0.15, 0.2) is 6.04 Å². The van der Waals surface area contributed by atoms with Crippen molar-refractivity contribution in [2.75, 3.05) is 18.6 Å². The van der Waals surface area contributed by atoms with Crippen LogP contribution in [0.2, 0.25) is 0 Å². The fourth-order valence-electron chi connectivity index (χ4n) is 11.4. The number of aliphatic hydroxyl groups is 1. The van der Waals surface area contributed by atoms with Gasteiger partial charge in [-0.05, 0) is 108 Å². The number of para-hydroxylation sites is 2. The number of nitrogens with one attached hydrogen (secondary N) is 15. The van der Waals surface area contributed by atoms with E-state index >= 15 is 0 Å². The van der Waals surface area contributed by atoms with Crippen LogP contribution in [-0.2, 0) is 81.6 Å². The molecule has 18 N–H and O–H groups in total. The van der Waals surface area contributed by atoms with Crippen LogP contribution < -0.4 is 63.8 Å². The number of aromatic nitrogens is 4. The number of thioether (sulfide) groups is 1. The van der Waals surface area contributed by atoms with Crippen LogP contribution in [0.5, 0.6) is 0 Å². The van der Waals surface area contributed by atoms with Gasteiger partial charge in [-0.2, -0.15) is 11.8 Å². The van der Waals surface area contributed by atoms with Crippen LogP contribution in [0.4, 0.5) is 0 Å². The second-order valence-corrected chi connectivity index (χ2v) is 29.1. The molecule has 12 atom stereocenters. The number of carboxylic acid groups (broad SMARTS) is 2. The Balaban J connectivity index is 1.32. The van der Waals surface area contributed by atoms with Crippen LogP contribution in [0.25, 0.3) is 21.8 Å². The first-order chi connectivity index (χ1) is 49.0. The van der Waals surface area contributed by atoms with Gasteiger partial charge in [0.2, 0.25) is 65.0 Å². The van der Waals surface area contributed by atoms with E-state index in [1.54, 1.807) is 84.5 Å². The minimum atomic E-state index is -1.71. The lowest BCUT2D eigenvalue weighted by molar-refractivity contribution is -0.145. The molecule has 2 aromatic carbocycles. The predicted molar refractivity (Wildman–Crippen MR) is 390 cm³/mol. The van der Waals surface area contributed by atoms with E-state index in [9.17, 15) is 77.6 Å². The number of amides is 11. The van der Waals surface area contributed by atoms with Crippen LogP contribution in [0.15, 0.2) is 73.4 Å². The van der Waals surface area contributed by atoms with Gasteiger partial charge in [-0.15, -0.1) is 0 Å². The zero-order chi connectivity index (χ0) is 77.3. The number of aromatic amines is 3. The Morgan fingerprint density at radius 3 is 1.43 bits per heavy atom. The van der Waals surface area contributed by atoms with Gasteiger partial charge in [0.05, 0.1) is 25.0 Å². The van der Waals surface area contributed by atoms with E-state index in [4.69, 9.17) is 0 Å². The third kappa shape index (κ3) is 26.7. The van der Waals surface area contributed by atoms with Crippen molar-refractivity contribution in [2.45, 2.75) is 213 Å². The molecule has 0 bridgehead atoms. The molecule has 0 unspecified atom stereocenters. The normalized spacial score (nSPS) is 15.1. The van der Waals surface area contributed by atoms with E-state index in [2.05, 4.69) is 83.7 Å². The van der Waals surface area contributed by atoms with E-state index in [1.807, 2.05) is 52.0 Å². The quantitative estimate of drug-likeness (QED) is 0.0259. The molecular weight excluding hydrogens is 1360 g/mol. The minimum Gasteiger partial charge on any atom is -0.481 e. The predicted octanol–water partition coefficient (Wildman–Crippen LogP) is 0.992. The maximum atomic E-state index is 14.7. The summed E-state index contributed by atoms with van der Waals surface area (Å²) in [4.78, 5) is 193. The van der Waals surface area contributed by atoms with Crippen molar-refractivity contribution >= 4 is 110 Å². The van der Waals surface area contributed by atoms with Gasteiger partial charge in [-0.25, -0.2) is 9.78 Å². The van der Waals surface area contributed by atoms with Crippen molar-refractivity contribution in [3.05, 3.63) is 90.3 Å². The van der Waals surface area contributed by atoms with E-state index in [-0.39, 0.29) is 49.7 Å². The van der Waals surface area contributed by atoms with E-state index < -0.39 is 180 Å². The lowest BCUT2D eigenvalue weighted by Gasteiger charge is -2.29. The number of rotatable bonds is 42. The molecule has 3 heterocycles. The van der Waals surface area contributed by atoms with Crippen molar-refractivity contribution in [2.24, 2.45) is 17.8 Å². The Bertz CT molecular complexity index is 3770. The number of H-pyrrole nitrogens is 3. The number of fused-ring (bicyclic) bond motifs is 2. The van der Waals surface area contributed by atoms with Gasteiger partial charge in [0.1, 0.15) is 54.4 Å². The summed E-state index contributed by atoms with van der Waals surface area (Å²) in [6.45, 7) is 19.6. The first-order valence-electron chi connectivity index (χ1n) is 34.8. The molecule has 0 radical (unpaired) electrons. The molecule has 0 aliphatic carbocycles. The van der Waals surface area contributed by atoms with Crippen molar-refractivity contribution in [1.29, 1.82) is 0 Å². The Hall–Kier alpha value is -9.89.